The van der Waals surface area contributed by atoms with Crippen LogP contribution in [-0.2, 0) is 13.1 Å². The number of fused-ring (bicyclic) bond motifs is 1. The van der Waals surface area contributed by atoms with E-state index in [1.165, 1.54) is 16.5 Å². The van der Waals surface area contributed by atoms with E-state index in [-0.39, 0.29) is 0 Å². The number of halogens is 1. The molecule has 0 fully saturated rings. The molecule has 2 aromatic carbocycles. The maximum absolute atomic E-state index is 5.77. The smallest absolute Gasteiger partial charge is 0.134 e. The molecule has 0 aliphatic carbocycles. The van der Waals surface area contributed by atoms with Gasteiger partial charge in [-0.2, -0.15) is 0 Å². The second-order valence-corrected chi connectivity index (χ2v) is 5.78. The Hall–Kier alpha value is -1.58. The van der Waals surface area contributed by atoms with Crippen molar-refractivity contribution in [3.05, 3.63) is 69.9 Å². The molecule has 0 aliphatic heterocycles. The van der Waals surface area contributed by atoms with Crippen LogP contribution >= 0.6 is 15.9 Å². The Balaban J connectivity index is 1.71. The van der Waals surface area contributed by atoms with Gasteiger partial charge in [-0.1, -0.05) is 46.3 Å². The molecule has 1 heterocycles. The summed E-state index contributed by atoms with van der Waals surface area (Å²) in [7, 11) is 0. The zero-order chi connectivity index (χ0) is 13.9. The molecule has 0 bridgehead atoms. The molecular weight excluding hydrogens is 314 g/mol. The third-order valence-corrected chi connectivity index (χ3v) is 3.97. The molecule has 0 amide bonds. The largest absolute Gasteiger partial charge is 0.461 e. The Bertz CT molecular complexity index is 715. The normalized spacial score (nSPS) is 11.1. The fraction of sp³-hybridized carbons (Fsp3) is 0.176. The molecule has 3 rings (SSSR count). The van der Waals surface area contributed by atoms with Crippen molar-refractivity contribution in [2.75, 3.05) is 0 Å². The fourth-order valence-corrected chi connectivity index (χ4v) is 2.64. The lowest BCUT2D eigenvalue weighted by atomic mass is 10.1. The molecular formula is C17H16BrNO. The lowest BCUT2D eigenvalue weighted by molar-refractivity contribution is 0.565. The van der Waals surface area contributed by atoms with Crippen LogP contribution in [0.15, 0.2) is 57.4 Å². The van der Waals surface area contributed by atoms with Gasteiger partial charge in [0.1, 0.15) is 11.3 Å². The highest BCUT2D eigenvalue weighted by Gasteiger charge is 2.09. The number of rotatable bonds is 4. The molecule has 0 atom stereocenters. The summed E-state index contributed by atoms with van der Waals surface area (Å²) in [6, 6.07) is 16.6. The minimum absolute atomic E-state index is 0.818. The number of benzene rings is 2. The summed E-state index contributed by atoms with van der Waals surface area (Å²) in [5, 5.41) is 4.68. The van der Waals surface area contributed by atoms with Gasteiger partial charge in [0, 0.05) is 28.5 Å². The van der Waals surface area contributed by atoms with E-state index in [0.29, 0.717) is 0 Å². The number of hydrogen-bond acceptors (Lipinski definition) is 2. The summed E-state index contributed by atoms with van der Waals surface area (Å²) in [5.41, 5.74) is 3.49. The van der Waals surface area contributed by atoms with Gasteiger partial charge in [-0.15, -0.1) is 0 Å². The van der Waals surface area contributed by atoms with Crippen LogP contribution in [-0.4, -0.2) is 0 Å². The summed E-state index contributed by atoms with van der Waals surface area (Å²) in [6.45, 7) is 3.70. The molecule has 0 saturated carbocycles. The molecule has 0 aliphatic rings. The van der Waals surface area contributed by atoms with E-state index in [2.05, 4.69) is 57.6 Å². The Kier molecular flexibility index (Phi) is 3.90. The summed E-state index contributed by atoms with van der Waals surface area (Å²) in [4.78, 5) is 0. The topological polar surface area (TPSA) is 25.2 Å². The van der Waals surface area contributed by atoms with Gasteiger partial charge >= 0.3 is 0 Å². The lowest BCUT2D eigenvalue weighted by Gasteiger charge is -2.05. The van der Waals surface area contributed by atoms with Gasteiger partial charge in [0.2, 0.25) is 0 Å². The van der Waals surface area contributed by atoms with E-state index in [4.69, 9.17) is 4.42 Å². The summed E-state index contributed by atoms with van der Waals surface area (Å²) in [6.07, 6.45) is 0. The van der Waals surface area contributed by atoms with E-state index >= 15 is 0 Å². The number of para-hydroxylation sites is 1. The van der Waals surface area contributed by atoms with Crippen molar-refractivity contribution in [3.63, 3.8) is 0 Å². The van der Waals surface area contributed by atoms with Gasteiger partial charge in [0.15, 0.2) is 0 Å². The zero-order valence-corrected chi connectivity index (χ0v) is 12.9. The fourth-order valence-electron chi connectivity index (χ4n) is 2.37. The van der Waals surface area contributed by atoms with Crippen LogP contribution in [0.3, 0.4) is 0 Å². The predicted molar refractivity (Wildman–Crippen MR) is 85.6 cm³/mol. The Morgan fingerprint density at radius 1 is 1.00 bits per heavy atom. The van der Waals surface area contributed by atoms with E-state index in [9.17, 15) is 0 Å². The van der Waals surface area contributed by atoms with Crippen molar-refractivity contribution in [2.45, 2.75) is 20.0 Å². The maximum atomic E-state index is 5.77. The molecule has 3 heteroatoms. The quantitative estimate of drug-likeness (QED) is 0.744. The first kappa shape index (κ1) is 13.4. The van der Waals surface area contributed by atoms with Crippen LogP contribution in [0.2, 0.25) is 0 Å². The Morgan fingerprint density at radius 2 is 1.75 bits per heavy atom. The van der Waals surface area contributed by atoms with Gasteiger partial charge in [0.05, 0.1) is 0 Å². The highest BCUT2D eigenvalue weighted by molar-refractivity contribution is 9.10. The molecule has 0 saturated heterocycles. The van der Waals surface area contributed by atoms with Crippen molar-refractivity contribution in [2.24, 2.45) is 0 Å². The first-order valence-corrected chi connectivity index (χ1v) is 7.45. The summed E-state index contributed by atoms with van der Waals surface area (Å²) < 4.78 is 6.88. The summed E-state index contributed by atoms with van der Waals surface area (Å²) in [5.74, 6) is 0.995. The Labute approximate surface area is 126 Å². The second kappa shape index (κ2) is 5.81. The standard InChI is InChI=1S/C17H16BrNO/c1-12-16(15-4-2-3-5-17(15)20-12)11-19-10-13-6-8-14(18)9-7-13/h2-9,19H,10-11H2,1H3. The molecule has 3 aromatic rings. The van der Waals surface area contributed by atoms with Gasteiger partial charge < -0.3 is 9.73 Å². The molecule has 1 N–H and O–H groups in total. The minimum Gasteiger partial charge on any atom is -0.461 e. The molecule has 0 spiro atoms. The van der Waals surface area contributed by atoms with Crippen LogP contribution in [0, 0.1) is 6.92 Å². The number of furan rings is 1. The second-order valence-electron chi connectivity index (χ2n) is 4.86. The summed E-state index contributed by atoms with van der Waals surface area (Å²) >= 11 is 3.45. The van der Waals surface area contributed by atoms with E-state index in [1.54, 1.807) is 0 Å². The third-order valence-electron chi connectivity index (χ3n) is 3.44. The number of hydrogen-bond donors (Lipinski definition) is 1. The molecule has 102 valence electrons. The van der Waals surface area contributed by atoms with Crippen molar-refractivity contribution >= 4 is 26.9 Å². The number of aryl methyl sites for hydroxylation is 1. The number of nitrogens with one attached hydrogen (secondary N) is 1. The lowest BCUT2D eigenvalue weighted by Crippen LogP contribution is -2.12. The highest BCUT2D eigenvalue weighted by atomic mass is 79.9. The van der Waals surface area contributed by atoms with Crippen molar-refractivity contribution in [3.8, 4) is 0 Å². The van der Waals surface area contributed by atoms with Gasteiger partial charge in [0.25, 0.3) is 0 Å². The minimum atomic E-state index is 0.818. The van der Waals surface area contributed by atoms with Crippen molar-refractivity contribution in [1.82, 2.24) is 5.32 Å². The Morgan fingerprint density at radius 3 is 2.55 bits per heavy atom. The molecule has 2 nitrogen and oxygen atoms in total. The molecule has 20 heavy (non-hydrogen) atoms. The van der Waals surface area contributed by atoms with Crippen molar-refractivity contribution in [1.29, 1.82) is 0 Å². The van der Waals surface area contributed by atoms with Crippen LogP contribution in [0.25, 0.3) is 11.0 Å². The zero-order valence-electron chi connectivity index (χ0n) is 11.3. The van der Waals surface area contributed by atoms with Gasteiger partial charge in [-0.25, -0.2) is 0 Å². The monoisotopic (exact) mass is 329 g/mol. The van der Waals surface area contributed by atoms with Gasteiger partial charge in [-0.3, -0.25) is 0 Å². The predicted octanol–water partition coefficient (Wildman–Crippen LogP) is 4.79. The van der Waals surface area contributed by atoms with E-state index in [1.807, 2.05) is 19.1 Å². The third kappa shape index (κ3) is 2.79. The molecule has 1 aromatic heterocycles. The van der Waals surface area contributed by atoms with Crippen LogP contribution < -0.4 is 5.32 Å². The average molecular weight is 330 g/mol. The van der Waals surface area contributed by atoms with Crippen molar-refractivity contribution < 1.29 is 4.42 Å². The molecule has 0 unspecified atom stereocenters. The van der Waals surface area contributed by atoms with Gasteiger partial charge in [-0.05, 0) is 30.7 Å². The van der Waals surface area contributed by atoms with Crippen LogP contribution in [0.1, 0.15) is 16.9 Å². The molecule has 0 radical (unpaired) electrons. The van der Waals surface area contributed by atoms with E-state index in [0.717, 1.165) is 28.9 Å². The van der Waals surface area contributed by atoms with Crippen LogP contribution in [0.4, 0.5) is 0 Å². The first-order chi connectivity index (χ1) is 9.74. The SMILES string of the molecule is Cc1oc2ccccc2c1CNCc1ccc(Br)cc1. The van der Waals surface area contributed by atoms with E-state index < -0.39 is 0 Å². The van der Waals surface area contributed by atoms with Crippen LogP contribution in [0.5, 0.6) is 0 Å². The first-order valence-electron chi connectivity index (χ1n) is 6.66. The highest BCUT2D eigenvalue weighted by Crippen LogP contribution is 2.25. The average Bonchev–Trinajstić information content (AvgIpc) is 2.77. The maximum Gasteiger partial charge on any atom is 0.134 e.